The van der Waals surface area contributed by atoms with Crippen molar-refractivity contribution in [1.29, 1.82) is 0 Å². The maximum absolute atomic E-state index is 11.0. The Morgan fingerprint density at radius 2 is 2.07 bits per heavy atom. The molecule has 3 N–H and O–H groups in total. The van der Waals surface area contributed by atoms with Crippen LogP contribution in [0, 0.1) is 0 Å². The highest BCUT2D eigenvalue weighted by Gasteiger charge is 2.20. The predicted molar refractivity (Wildman–Crippen MR) is 104 cm³/mol. The van der Waals surface area contributed by atoms with E-state index < -0.39 is 5.91 Å². The molecule has 0 aromatic carbocycles. The third kappa shape index (κ3) is 5.75. The number of rotatable bonds is 6. The SMILES string of the molecule is O=C(/C=C/c1cnc(NC2CCN(Cc3ccncc3)CC2)c(Cl)c1)NO. The number of hydrogen-bond acceptors (Lipinski definition) is 6. The summed E-state index contributed by atoms with van der Waals surface area (Å²) in [5, 5.41) is 12.4. The van der Waals surface area contributed by atoms with Crippen molar-refractivity contribution < 1.29 is 10.0 Å². The van der Waals surface area contributed by atoms with Gasteiger partial charge in [0.1, 0.15) is 5.82 Å². The van der Waals surface area contributed by atoms with Crippen molar-refractivity contribution in [2.45, 2.75) is 25.4 Å². The highest BCUT2D eigenvalue weighted by Crippen LogP contribution is 2.24. The van der Waals surface area contributed by atoms with Crippen LogP contribution < -0.4 is 10.8 Å². The first-order valence-corrected chi connectivity index (χ1v) is 9.17. The molecular formula is C19H22ClN5O2. The van der Waals surface area contributed by atoms with E-state index in [0.29, 0.717) is 22.4 Å². The lowest BCUT2D eigenvalue weighted by Gasteiger charge is -2.32. The van der Waals surface area contributed by atoms with Gasteiger partial charge in [0.05, 0.1) is 5.02 Å². The van der Waals surface area contributed by atoms with E-state index in [4.69, 9.17) is 16.8 Å². The molecule has 142 valence electrons. The van der Waals surface area contributed by atoms with Crippen LogP contribution in [0.2, 0.25) is 5.02 Å². The van der Waals surface area contributed by atoms with E-state index in [-0.39, 0.29) is 0 Å². The van der Waals surface area contributed by atoms with Gasteiger partial charge in [-0.1, -0.05) is 11.6 Å². The Bertz CT molecular complexity index is 792. The number of carbonyl (C=O) groups is 1. The van der Waals surface area contributed by atoms with E-state index in [1.807, 2.05) is 24.5 Å². The lowest BCUT2D eigenvalue weighted by Crippen LogP contribution is -2.38. The zero-order chi connectivity index (χ0) is 19.1. The molecule has 1 aliphatic heterocycles. The van der Waals surface area contributed by atoms with Crippen LogP contribution >= 0.6 is 11.6 Å². The van der Waals surface area contributed by atoms with Gasteiger partial charge in [0.25, 0.3) is 5.91 Å². The minimum atomic E-state index is -0.605. The van der Waals surface area contributed by atoms with Gasteiger partial charge in [-0.25, -0.2) is 10.5 Å². The number of anilines is 1. The molecule has 0 atom stereocenters. The molecule has 0 spiro atoms. The Morgan fingerprint density at radius 3 is 2.74 bits per heavy atom. The van der Waals surface area contributed by atoms with E-state index in [9.17, 15) is 4.79 Å². The number of pyridine rings is 2. The molecule has 7 nitrogen and oxygen atoms in total. The maximum atomic E-state index is 11.0. The van der Waals surface area contributed by atoms with Crippen LogP contribution in [-0.2, 0) is 11.3 Å². The molecule has 3 heterocycles. The molecule has 1 aliphatic rings. The first kappa shape index (κ1) is 19.3. The van der Waals surface area contributed by atoms with Crippen LogP contribution in [0.1, 0.15) is 24.0 Å². The van der Waals surface area contributed by atoms with Crippen molar-refractivity contribution in [1.82, 2.24) is 20.3 Å². The molecule has 1 fully saturated rings. The lowest BCUT2D eigenvalue weighted by atomic mass is 10.0. The Labute approximate surface area is 163 Å². The third-order valence-electron chi connectivity index (χ3n) is 4.48. The van der Waals surface area contributed by atoms with Gasteiger partial charge in [-0.3, -0.25) is 19.9 Å². The van der Waals surface area contributed by atoms with Gasteiger partial charge in [0, 0.05) is 50.3 Å². The summed E-state index contributed by atoms with van der Waals surface area (Å²) in [6.45, 7) is 2.96. The molecule has 2 aromatic rings. The van der Waals surface area contributed by atoms with Crippen molar-refractivity contribution in [3.05, 3.63) is 59.0 Å². The van der Waals surface area contributed by atoms with Crippen LogP contribution in [0.4, 0.5) is 5.82 Å². The number of likely N-dealkylation sites (tertiary alicyclic amines) is 1. The Kier molecular flexibility index (Phi) is 6.75. The molecule has 0 unspecified atom stereocenters. The van der Waals surface area contributed by atoms with Gasteiger partial charge in [0.15, 0.2) is 0 Å². The standard InChI is InChI=1S/C19H22ClN5O2/c20-17-11-15(1-2-18(26)24-27)12-22-19(17)23-16-5-9-25(10-6-16)13-14-3-7-21-8-4-14/h1-4,7-8,11-12,16,27H,5-6,9-10,13H2,(H,22,23)(H,24,26)/b2-1+. The monoisotopic (exact) mass is 387 g/mol. The molecule has 3 rings (SSSR count). The van der Waals surface area contributed by atoms with Crippen LogP contribution in [-0.4, -0.2) is 45.1 Å². The smallest absolute Gasteiger partial charge is 0.267 e. The van der Waals surface area contributed by atoms with Crippen LogP contribution in [0.3, 0.4) is 0 Å². The highest BCUT2D eigenvalue weighted by molar-refractivity contribution is 6.33. The van der Waals surface area contributed by atoms with E-state index in [2.05, 4.69) is 20.2 Å². The summed E-state index contributed by atoms with van der Waals surface area (Å²) in [6, 6.07) is 6.16. The predicted octanol–water partition coefficient (Wildman–Crippen LogP) is 2.73. The first-order chi connectivity index (χ1) is 13.1. The number of nitrogens with zero attached hydrogens (tertiary/aromatic N) is 3. The fourth-order valence-corrected chi connectivity index (χ4v) is 3.26. The van der Waals surface area contributed by atoms with Crippen molar-refractivity contribution in [3.8, 4) is 0 Å². The summed E-state index contributed by atoms with van der Waals surface area (Å²) in [5.41, 5.74) is 3.49. The van der Waals surface area contributed by atoms with E-state index in [1.165, 1.54) is 23.2 Å². The third-order valence-corrected chi connectivity index (χ3v) is 4.77. The van der Waals surface area contributed by atoms with Gasteiger partial charge in [-0.05, 0) is 48.2 Å². The second-order valence-electron chi connectivity index (χ2n) is 6.46. The van der Waals surface area contributed by atoms with E-state index in [0.717, 1.165) is 32.5 Å². The number of hydroxylamine groups is 1. The van der Waals surface area contributed by atoms with Crippen LogP contribution in [0.15, 0.2) is 42.9 Å². The van der Waals surface area contributed by atoms with Gasteiger partial charge in [0.2, 0.25) is 0 Å². The molecule has 0 saturated carbocycles. The number of amides is 1. The average molecular weight is 388 g/mol. The molecule has 27 heavy (non-hydrogen) atoms. The minimum absolute atomic E-state index is 0.324. The topological polar surface area (TPSA) is 90.4 Å². The first-order valence-electron chi connectivity index (χ1n) is 8.79. The zero-order valence-corrected chi connectivity index (χ0v) is 15.6. The summed E-state index contributed by atoms with van der Waals surface area (Å²) < 4.78 is 0. The van der Waals surface area contributed by atoms with Gasteiger partial charge >= 0.3 is 0 Å². The average Bonchev–Trinajstić information content (AvgIpc) is 2.70. The Morgan fingerprint density at radius 1 is 1.33 bits per heavy atom. The minimum Gasteiger partial charge on any atom is -0.366 e. The molecule has 1 amide bonds. The summed E-state index contributed by atoms with van der Waals surface area (Å²) in [6.07, 6.45) is 10.1. The quantitative estimate of drug-likeness (QED) is 0.401. The number of halogens is 1. The van der Waals surface area contributed by atoms with Crippen molar-refractivity contribution in [2.75, 3.05) is 18.4 Å². The summed E-state index contributed by atoms with van der Waals surface area (Å²) in [5.74, 6) is 0.0415. The molecule has 0 bridgehead atoms. The van der Waals surface area contributed by atoms with Crippen molar-refractivity contribution in [3.63, 3.8) is 0 Å². The van der Waals surface area contributed by atoms with E-state index >= 15 is 0 Å². The van der Waals surface area contributed by atoms with Crippen molar-refractivity contribution in [2.24, 2.45) is 0 Å². The van der Waals surface area contributed by atoms with Gasteiger partial charge < -0.3 is 5.32 Å². The number of aromatic nitrogens is 2. The van der Waals surface area contributed by atoms with Gasteiger partial charge in [-0.2, -0.15) is 0 Å². The number of carbonyl (C=O) groups excluding carboxylic acids is 1. The summed E-state index contributed by atoms with van der Waals surface area (Å²) in [7, 11) is 0. The fourth-order valence-electron chi connectivity index (χ4n) is 3.03. The van der Waals surface area contributed by atoms with E-state index in [1.54, 1.807) is 12.3 Å². The largest absolute Gasteiger partial charge is 0.366 e. The van der Waals surface area contributed by atoms with Gasteiger partial charge in [-0.15, -0.1) is 0 Å². The molecule has 2 aromatic heterocycles. The fraction of sp³-hybridized carbons (Fsp3) is 0.316. The normalized spacial score (nSPS) is 15.8. The van der Waals surface area contributed by atoms with Crippen LogP contribution in [0.5, 0.6) is 0 Å². The number of nitrogens with one attached hydrogen (secondary N) is 2. The van der Waals surface area contributed by atoms with Crippen LogP contribution in [0.25, 0.3) is 6.08 Å². The number of hydrogen-bond donors (Lipinski definition) is 3. The Hall–Kier alpha value is -2.48. The van der Waals surface area contributed by atoms with Crippen molar-refractivity contribution >= 4 is 29.4 Å². The second kappa shape index (κ2) is 9.45. The summed E-state index contributed by atoms with van der Waals surface area (Å²) in [4.78, 5) is 21.9. The molecule has 1 saturated heterocycles. The summed E-state index contributed by atoms with van der Waals surface area (Å²) >= 11 is 6.31. The Balaban J connectivity index is 1.51. The maximum Gasteiger partial charge on any atom is 0.267 e. The number of piperidine rings is 1. The molecule has 8 heteroatoms. The molecular weight excluding hydrogens is 366 g/mol. The zero-order valence-electron chi connectivity index (χ0n) is 14.8. The highest BCUT2D eigenvalue weighted by atomic mass is 35.5. The lowest BCUT2D eigenvalue weighted by molar-refractivity contribution is -0.124. The molecule has 0 aliphatic carbocycles. The molecule has 0 radical (unpaired) electrons. The second-order valence-corrected chi connectivity index (χ2v) is 6.87.